The minimum atomic E-state index is -0.753. The highest BCUT2D eigenvalue weighted by atomic mass is 33.1. The van der Waals surface area contributed by atoms with Crippen molar-refractivity contribution < 1.29 is 14.7 Å². The number of amides is 1. The number of hydrogen-bond donors (Lipinski definition) is 2. The summed E-state index contributed by atoms with van der Waals surface area (Å²) >= 11 is 0. The predicted molar refractivity (Wildman–Crippen MR) is 79.2 cm³/mol. The summed E-state index contributed by atoms with van der Waals surface area (Å²) in [4.78, 5) is 22.1. The maximum atomic E-state index is 11.8. The van der Waals surface area contributed by atoms with Gasteiger partial charge in [-0.15, -0.1) is 0 Å². The van der Waals surface area contributed by atoms with Crippen LogP contribution in [0.15, 0.2) is 0 Å². The minimum Gasteiger partial charge on any atom is -0.481 e. The fourth-order valence-corrected chi connectivity index (χ4v) is 4.75. The van der Waals surface area contributed by atoms with Crippen LogP contribution in [0.4, 0.5) is 0 Å². The van der Waals surface area contributed by atoms with Gasteiger partial charge < -0.3 is 10.4 Å². The van der Waals surface area contributed by atoms with E-state index in [1.807, 2.05) is 0 Å². The van der Waals surface area contributed by atoms with Gasteiger partial charge in [0.25, 0.3) is 0 Å². The Bertz CT molecular complexity index is 337. The molecule has 0 bridgehead atoms. The maximum Gasteiger partial charge on any atom is 0.304 e. The van der Waals surface area contributed by atoms with E-state index in [1.54, 1.807) is 21.6 Å². The van der Waals surface area contributed by atoms with Crippen LogP contribution >= 0.6 is 21.6 Å². The molecule has 1 spiro atoms. The zero-order chi connectivity index (χ0) is 13.7. The van der Waals surface area contributed by atoms with E-state index in [1.165, 1.54) is 19.3 Å². The van der Waals surface area contributed by atoms with Gasteiger partial charge in [0.05, 0.1) is 6.42 Å². The average Bonchev–Trinajstić information content (AvgIpc) is 2.23. The van der Waals surface area contributed by atoms with Gasteiger partial charge in [0.15, 0.2) is 0 Å². The fourth-order valence-electron chi connectivity index (χ4n) is 2.86. The van der Waals surface area contributed by atoms with Crippen molar-refractivity contribution in [2.75, 3.05) is 18.1 Å². The Hall–Kier alpha value is -0.360. The molecule has 2 rings (SSSR count). The lowest BCUT2D eigenvalue weighted by Crippen LogP contribution is -2.49. The van der Waals surface area contributed by atoms with Gasteiger partial charge in [-0.3, -0.25) is 9.59 Å². The summed E-state index contributed by atoms with van der Waals surface area (Å²) in [5.41, 5.74) is 0.559. The van der Waals surface area contributed by atoms with Gasteiger partial charge in [0, 0.05) is 24.0 Å². The molecule has 6 heteroatoms. The molecule has 0 heterocycles. The highest BCUT2D eigenvalue weighted by molar-refractivity contribution is 8.76. The van der Waals surface area contributed by atoms with E-state index >= 15 is 0 Å². The van der Waals surface area contributed by atoms with E-state index in [-0.39, 0.29) is 18.2 Å². The molecular formula is C13H21NO3S2. The molecule has 0 unspecified atom stereocenters. The third-order valence-corrected chi connectivity index (χ3v) is 6.52. The van der Waals surface area contributed by atoms with E-state index < -0.39 is 5.97 Å². The van der Waals surface area contributed by atoms with Gasteiger partial charge in [-0.2, -0.15) is 0 Å². The van der Waals surface area contributed by atoms with E-state index in [2.05, 4.69) is 5.32 Å². The number of rotatable bonds is 8. The fraction of sp³-hybridized carbons (Fsp3) is 0.846. The second kappa shape index (κ2) is 6.88. The molecule has 4 nitrogen and oxygen atoms in total. The van der Waals surface area contributed by atoms with Gasteiger partial charge in [0.2, 0.25) is 5.91 Å². The van der Waals surface area contributed by atoms with Crippen LogP contribution in [0.25, 0.3) is 0 Å². The molecule has 0 saturated heterocycles. The van der Waals surface area contributed by atoms with Crippen LogP contribution in [-0.4, -0.2) is 35.0 Å². The average molecular weight is 303 g/mol. The van der Waals surface area contributed by atoms with Crippen molar-refractivity contribution in [3.8, 4) is 0 Å². The number of carbonyl (C=O) groups is 2. The summed E-state index contributed by atoms with van der Waals surface area (Å²) in [6, 6.07) is 0. The van der Waals surface area contributed by atoms with Gasteiger partial charge in [0.1, 0.15) is 0 Å². The summed E-state index contributed by atoms with van der Waals surface area (Å²) in [6.45, 7) is 0.688. The van der Waals surface area contributed by atoms with Crippen molar-refractivity contribution in [3.63, 3.8) is 0 Å². The Kier molecular flexibility index (Phi) is 5.45. The Morgan fingerprint density at radius 3 is 2.47 bits per heavy atom. The number of hydrogen-bond acceptors (Lipinski definition) is 4. The van der Waals surface area contributed by atoms with Crippen molar-refractivity contribution in [3.05, 3.63) is 0 Å². The lowest BCUT2D eigenvalue weighted by Gasteiger charge is -2.53. The topological polar surface area (TPSA) is 66.4 Å². The zero-order valence-electron chi connectivity index (χ0n) is 11.0. The van der Waals surface area contributed by atoms with Crippen LogP contribution in [-0.2, 0) is 9.59 Å². The van der Waals surface area contributed by atoms with E-state index in [0.29, 0.717) is 17.7 Å². The Labute approximate surface area is 121 Å². The first kappa shape index (κ1) is 15.0. The normalized spacial score (nSPS) is 20.6. The molecule has 0 aromatic heterocycles. The summed E-state index contributed by atoms with van der Waals surface area (Å²) in [6.07, 6.45) is 6.39. The molecule has 0 aromatic rings. The first-order valence-electron chi connectivity index (χ1n) is 6.85. The maximum absolute atomic E-state index is 11.8. The molecule has 2 N–H and O–H groups in total. The number of carboxylic acids is 1. The molecule has 108 valence electrons. The third-order valence-electron chi connectivity index (χ3n) is 4.11. The van der Waals surface area contributed by atoms with E-state index in [9.17, 15) is 9.59 Å². The molecule has 2 aliphatic carbocycles. The van der Waals surface area contributed by atoms with Gasteiger partial charge in [-0.05, 0) is 31.1 Å². The highest BCUT2D eigenvalue weighted by Gasteiger charge is 2.50. The highest BCUT2D eigenvalue weighted by Crippen LogP contribution is 2.58. The number of carboxylic acid groups (broad SMARTS) is 1. The van der Waals surface area contributed by atoms with Crippen molar-refractivity contribution in [2.45, 2.75) is 38.5 Å². The SMILES string of the molecule is O=C(O)CCSSCCNC(=O)C1CC2(CCC2)C1. The number of aliphatic carboxylic acids is 1. The molecular weight excluding hydrogens is 282 g/mol. The summed E-state index contributed by atoms with van der Waals surface area (Å²) in [7, 11) is 3.19. The monoisotopic (exact) mass is 303 g/mol. The first-order chi connectivity index (χ1) is 9.11. The molecule has 1 amide bonds. The minimum absolute atomic E-state index is 0.203. The van der Waals surface area contributed by atoms with Gasteiger partial charge in [-0.1, -0.05) is 28.0 Å². The van der Waals surface area contributed by atoms with Crippen molar-refractivity contribution >= 4 is 33.5 Å². The second-order valence-corrected chi connectivity index (χ2v) is 8.24. The molecule has 2 fully saturated rings. The molecule has 0 atom stereocenters. The predicted octanol–water partition coefficient (Wildman–Crippen LogP) is 2.54. The Morgan fingerprint density at radius 1 is 1.21 bits per heavy atom. The summed E-state index contributed by atoms with van der Waals surface area (Å²) in [5, 5.41) is 11.5. The molecule has 2 aliphatic rings. The lowest BCUT2D eigenvalue weighted by atomic mass is 9.51. The third kappa shape index (κ3) is 4.31. The van der Waals surface area contributed by atoms with Crippen LogP contribution in [0.2, 0.25) is 0 Å². The van der Waals surface area contributed by atoms with Crippen LogP contribution < -0.4 is 5.32 Å². The largest absolute Gasteiger partial charge is 0.481 e. The zero-order valence-corrected chi connectivity index (χ0v) is 12.7. The number of nitrogens with one attached hydrogen (secondary N) is 1. The molecule has 0 aromatic carbocycles. The van der Waals surface area contributed by atoms with Crippen molar-refractivity contribution in [1.82, 2.24) is 5.32 Å². The van der Waals surface area contributed by atoms with Crippen LogP contribution in [0, 0.1) is 11.3 Å². The summed E-state index contributed by atoms with van der Waals surface area (Å²) in [5.74, 6) is 1.18. The first-order valence-corrected chi connectivity index (χ1v) is 9.34. The summed E-state index contributed by atoms with van der Waals surface area (Å²) < 4.78 is 0. The molecule has 0 aliphatic heterocycles. The van der Waals surface area contributed by atoms with E-state index in [4.69, 9.17) is 5.11 Å². The van der Waals surface area contributed by atoms with E-state index in [0.717, 1.165) is 18.6 Å². The second-order valence-electron chi connectivity index (χ2n) is 5.54. The Balaban J connectivity index is 1.43. The standard InChI is InChI=1S/C13H21NO3S2/c15-11(16)2-6-18-19-7-5-14-12(17)10-8-13(9-10)3-1-4-13/h10H,1-9H2,(H,14,17)(H,15,16). The van der Waals surface area contributed by atoms with Crippen LogP contribution in [0.3, 0.4) is 0 Å². The van der Waals surface area contributed by atoms with Gasteiger partial charge in [-0.25, -0.2) is 0 Å². The van der Waals surface area contributed by atoms with Crippen molar-refractivity contribution in [1.29, 1.82) is 0 Å². The molecule has 19 heavy (non-hydrogen) atoms. The quantitative estimate of drug-likeness (QED) is 0.533. The van der Waals surface area contributed by atoms with Crippen molar-refractivity contribution in [2.24, 2.45) is 11.3 Å². The lowest BCUT2D eigenvalue weighted by molar-refractivity contribution is -0.137. The smallest absolute Gasteiger partial charge is 0.304 e. The Morgan fingerprint density at radius 2 is 1.89 bits per heavy atom. The van der Waals surface area contributed by atoms with Crippen LogP contribution in [0.1, 0.15) is 38.5 Å². The van der Waals surface area contributed by atoms with Crippen LogP contribution in [0.5, 0.6) is 0 Å². The number of carbonyl (C=O) groups excluding carboxylic acids is 1. The van der Waals surface area contributed by atoms with Gasteiger partial charge >= 0.3 is 5.97 Å². The molecule has 2 saturated carbocycles. The molecule has 0 radical (unpaired) electrons.